The SMILES string of the molecule is Cc1ccnc(NCCCc2nc3ccc(Cl)cc3[nH]2)n1. The molecule has 0 saturated carbocycles. The Labute approximate surface area is 127 Å². The van der Waals surface area contributed by atoms with Crippen LogP contribution < -0.4 is 5.32 Å². The molecular formula is C15H16ClN5. The van der Waals surface area contributed by atoms with Gasteiger partial charge in [0.05, 0.1) is 11.0 Å². The van der Waals surface area contributed by atoms with Crippen LogP contribution in [0.15, 0.2) is 30.5 Å². The van der Waals surface area contributed by atoms with E-state index >= 15 is 0 Å². The Morgan fingerprint density at radius 2 is 2.14 bits per heavy atom. The Hall–Kier alpha value is -2.14. The van der Waals surface area contributed by atoms with Crippen LogP contribution in [-0.4, -0.2) is 26.5 Å². The van der Waals surface area contributed by atoms with Gasteiger partial charge in [0.1, 0.15) is 5.82 Å². The number of imidazole rings is 1. The molecule has 0 radical (unpaired) electrons. The Balaban J connectivity index is 1.54. The average Bonchev–Trinajstić information content (AvgIpc) is 2.85. The van der Waals surface area contributed by atoms with Crippen LogP contribution in [0.5, 0.6) is 0 Å². The van der Waals surface area contributed by atoms with Gasteiger partial charge in [0.2, 0.25) is 5.95 Å². The van der Waals surface area contributed by atoms with Gasteiger partial charge in [-0.3, -0.25) is 0 Å². The lowest BCUT2D eigenvalue weighted by Crippen LogP contribution is -2.07. The third-order valence-electron chi connectivity index (χ3n) is 3.16. The maximum Gasteiger partial charge on any atom is 0.222 e. The third-order valence-corrected chi connectivity index (χ3v) is 3.40. The first-order valence-electron chi connectivity index (χ1n) is 6.88. The topological polar surface area (TPSA) is 66.5 Å². The van der Waals surface area contributed by atoms with Crippen LogP contribution in [0, 0.1) is 6.92 Å². The molecule has 2 aromatic heterocycles. The predicted octanol–water partition coefficient (Wildman–Crippen LogP) is 3.36. The number of aryl methyl sites for hydroxylation is 2. The zero-order chi connectivity index (χ0) is 14.7. The largest absolute Gasteiger partial charge is 0.354 e. The van der Waals surface area contributed by atoms with E-state index in [2.05, 4.69) is 25.3 Å². The second-order valence-corrected chi connectivity index (χ2v) is 5.33. The van der Waals surface area contributed by atoms with E-state index in [1.807, 2.05) is 31.2 Å². The van der Waals surface area contributed by atoms with Crippen LogP contribution >= 0.6 is 11.6 Å². The predicted molar refractivity (Wildman–Crippen MR) is 84.7 cm³/mol. The van der Waals surface area contributed by atoms with Crippen molar-refractivity contribution in [2.75, 3.05) is 11.9 Å². The van der Waals surface area contributed by atoms with Gasteiger partial charge in [-0.25, -0.2) is 15.0 Å². The smallest absolute Gasteiger partial charge is 0.222 e. The molecular weight excluding hydrogens is 286 g/mol. The summed E-state index contributed by atoms with van der Waals surface area (Å²) in [5.41, 5.74) is 2.89. The first-order valence-corrected chi connectivity index (χ1v) is 7.26. The normalized spacial score (nSPS) is 11.0. The molecule has 21 heavy (non-hydrogen) atoms. The number of anilines is 1. The number of rotatable bonds is 5. The number of nitrogens with zero attached hydrogens (tertiary/aromatic N) is 3. The summed E-state index contributed by atoms with van der Waals surface area (Å²) in [6.07, 6.45) is 3.57. The van der Waals surface area contributed by atoms with Crippen molar-refractivity contribution in [2.45, 2.75) is 19.8 Å². The summed E-state index contributed by atoms with van der Waals surface area (Å²) in [7, 11) is 0. The lowest BCUT2D eigenvalue weighted by atomic mass is 10.3. The van der Waals surface area contributed by atoms with E-state index in [0.29, 0.717) is 5.95 Å². The van der Waals surface area contributed by atoms with E-state index in [4.69, 9.17) is 11.6 Å². The summed E-state index contributed by atoms with van der Waals surface area (Å²) in [4.78, 5) is 16.3. The zero-order valence-corrected chi connectivity index (χ0v) is 12.5. The van der Waals surface area contributed by atoms with Gasteiger partial charge in [0.25, 0.3) is 0 Å². The summed E-state index contributed by atoms with van der Waals surface area (Å²) in [6, 6.07) is 7.55. The lowest BCUT2D eigenvalue weighted by Gasteiger charge is -2.03. The second-order valence-electron chi connectivity index (χ2n) is 4.90. The fourth-order valence-electron chi connectivity index (χ4n) is 2.14. The number of aromatic nitrogens is 4. The number of benzene rings is 1. The van der Waals surface area contributed by atoms with E-state index in [1.54, 1.807) is 6.20 Å². The molecule has 3 aromatic rings. The van der Waals surface area contributed by atoms with Crippen LogP contribution in [-0.2, 0) is 6.42 Å². The van der Waals surface area contributed by atoms with E-state index in [-0.39, 0.29) is 0 Å². The highest BCUT2D eigenvalue weighted by atomic mass is 35.5. The number of hydrogen-bond donors (Lipinski definition) is 2. The first-order chi connectivity index (χ1) is 10.2. The van der Waals surface area contributed by atoms with Crippen molar-refractivity contribution in [1.29, 1.82) is 0 Å². The number of aromatic amines is 1. The van der Waals surface area contributed by atoms with Gasteiger partial charge in [-0.2, -0.15) is 0 Å². The molecule has 0 amide bonds. The number of hydrogen-bond acceptors (Lipinski definition) is 4. The maximum absolute atomic E-state index is 5.96. The zero-order valence-electron chi connectivity index (χ0n) is 11.7. The molecule has 0 aliphatic rings. The highest BCUT2D eigenvalue weighted by molar-refractivity contribution is 6.31. The Bertz CT molecular complexity index is 753. The standard InChI is InChI=1S/C15H16ClN5/c1-10-6-8-18-15(19-10)17-7-2-3-14-20-12-5-4-11(16)9-13(12)21-14/h4-6,8-9H,2-3,7H2,1H3,(H,20,21)(H,17,18,19). The molecule has 0 aliphatic carbocycles. The second kappa shape index (κ2) is 6.10. The van der Waals surface area contributed by atoms with Crippen LogP contribution in [0.25, 0.3) is 11.0 Å². The quantitative estimate of drug-likeness (QED) is 0.709. The van der Waals surface area contributed by atoms with E-state index in [9.17, 15) is 0 Å². The van der Waals surface area contributed by atoms with Crippen molar-refractivity contribution in [2.24, 2.45) is 0 Å². The molecule has 0 unspecified atom stereocenters. The monoisotopic (exact) mass is 301 g/mol. The van der Waals surface area contributed by atoms with Crippen LogP contribution in [0.2, 0.25) is 5.02 Å². The molecule has 0 saturated heterocycles. The Kier molecular flexibility index (Phi) is 4.01. The number of fused-ring (bicyclic) bond motifs is 1. The van der Waals surface area contributed by atoms with Crippen LogP contribution in [0.4, 0.5) is 5.95 Å². The molecule has 5 nitrogen and oxygen atoms in total. The van der Waals surface area contributed by atoms with Crippen molar-refractivity contribution in [3.05, 3.63) is 47.0 Å². The molecule has 0 atom stereocenters. The highest BCUT2D eigenvalue weighted by Crippen LogP contribution is 2.17. The number of nitrogens with one attached hydrogen (secondary N) is 2. The lowest BCUT2D eigenvalue weighted by molar-refractivity contribution is 0.812. The summed E-state index contributed by atoms with van der Waals surface area (Å²) < 4.78 is 0. The minimum atomic E-state index is 0.673. The van der Waals surface area contributed by atoms with Gasteiger partial charge in [-0.15, -0.1) is 0 Å². The third kappa shape index (κ3) is 3.49. The summed E-state index contributed by atoms with van der Waals surface area (Å²) in [6.45, 7) is 2.76. The summed E-state index contributed by atoms with van der Waals surface area (Å²) in [5.74, 6) is 1.64. The molecule has 2 heterocycles. The molecule has 0 spiro atoms. The summed E-state index contributed by atoms with van der Waals surface area (Å²) in [5, 5.41) is 3.93. The van der Waals surface area contributed by atoms with Crippen LogP contribution in [0.3, 0.4) is 0 Å². The maximum atomic E-state index is 5.96. The van der Waals surface area contributed by atoms with Gasteiger partial charge in [0, 0.05) is 29.9 Å². The molecule has 1 aromatic carbocycles. The first kappa shape index (κ1) is 13.8. The Morgan fingerprint density at radius 3 is 3.00 bits per heavy atom. The fraction of sp³-hybridized carbons (Fsp3) is 0.267. The minimum Gasteiger partial charge on any atom is -0.354 e. The number of H-pyrrole nitrogens is 1. The van der Waals surface area contributed by atoms with E-state index in [0.717, 1.165) is 47.0 Å². The van der Waals surface area contributed by atoms with Crippen molar-refractivity contribution in [3.63, 3.8) is 0 Å². The van der Waals surface area contributed by atoms with Gasteiger partial charge >= 0.3 is 0 Å². The molecule has 0 fully saturated rings. The fourth-order valence-corrected chi connectivity index (χ4v) is 2.32. The highest BCUT2D eigenvalue weighted by Gasteiger charge is 2.03. The van der Waals surface area contributed by atoms with E-state index in [1.165, 1.54) is 0 Å². The van der Waals surface area contributed by atoms with E-state index < -0.39 is 0 Å². The average molecular weight is 302 g/mol. The molecule has 108 valence electrons. The molecule has 0 bridgehead atoms. The van der Waals surface area contributed by atoms with Crippen LogP contribution in [0.1, 0.15) is 17.9 Å². The summed E-state index contributed by atoms with van der Waals surface area (Å²) >= 11 is 5.96. The van der Waals surface area contributed by atoms with Gasteiger partial charge < -0.3 is 10.3 Å². The molecule has 0 aliphatic heterocycles. The minimum absolute atomic E-state index is 0.673. The molecule has 3 rings (SSSR count). The molecule has 2 N–H and O–H groups in total. The Morgan fingerprint density at radius 1 is 1.24 bits per heavy atom. The van der Waals surface area contributed by atoms with Gasteiger partial charge in [0.15, 0.2) is 0 Å². The number of halogens is 1. The van der Waals surface area contributed by atoms with Gasteiger partial charge in [-0.05, 0) is 37.6 Å². The van der Waals surface area contributed by atoms with Crippen molar-refractivity contribution in [3.8, 4) is 0 Å². The van der Waals surface area contributed by atoms with Crippen molar-refractivity contribution >= 4 is 28.6 Å². The van der Waals surface area contributed by atoms with Gasteiger partial charge in [-0.1, -0.05) is 11.6 Å². The van der Waals surface area contributed by atoms with Crippen molar-refractivity contribution in [1.82, 2.24) is 19.9 Å². The van der Waals surface area contributed by atoms with Crippen molar-refractivity contribution < 1.29 is 0 Å². The molecule has 6 heteroatoms.